The Morgan fingerprint density at radius 3 is 2.88 bits per heavy atom. The molecule has 3 atom stereocenters. The van der Waals surface area contributed by atoms with Crippen LogP contribution in [0.2, 0.25) is 0 Å². The topological polar surface area (TPSA) is 41.6 Å². The van der Waals surface area contributed by atoms with Gasteiger partial charge >= 0.3 is 0 Å². The first-order chi connectivity index (χ1) is 7.68. The summed E-state index contributed by atoms with van der Waals surface area (Å²) in [6.45, 7) is 6.47. The zero-order valence-electron chi connectivity index (χ0n) is 10.2. The van der Waals surface area contributed by atoms with Gasteiger partial charge in [-0.05, 0) is 33.2 Å². The van der Waals surface area contributed by atoms with Crippen LogP contribution in [-0.2, 0) is 9.53 Å². The zero-order chi connectivity index (χ0) is 11.5. The molecular weight excluding hydrogens is 204 g/mol. The molecule has 2 unspecified atom stereocenters. The summed E-state index contributed by atoms with van der Waals surface area (Å²) < 4.78 is 5.54. The minimum Gasteiger partial charge on any atom is -0.375 e. The number of carbonyl (C=O) groups excluding carboxylic acids is 1. The lowest BCUT2D eigenvalue weighted by Crippen LogP contribution is -2.56. The Balaban J connectivity index is 1.96. The van der Waals surface area contributed by atoms with Crippen LogP contribution in [0.1, 0.15) is 33.1 Å². The second-order valence-corrected chi connectivity index (χ2v) is 4.99. The van der Waals surface area contributed by atoms with Crippen molar-refractivity contribution < 1.29 is 9.53 Å². The molecule has 16 heavy (non-hydrogen) atoms. The van der Waals surface area contributed by atoms with Gasteiger partial charge in [-0.15, -0.1) is 0 Å². The lowest BCUT2D eigenvalue weighted by Gasteiger charge is -2.39. The summed E-state index contributed by atoms with van der Waals surface area (Å²) in [5.41, 5.74) is 0. The quantitative estimate of drug-likeness (QED) is 0.718. The number of hydrogen-bond donors (Lipinski definition) is 1. The molecule has 2 heterocycles. The van der Waals surface area contributed by atoms with Gasteiger partial charge in [0.25, 0.3) is 0 Å². The van der Waals surface area contributed by atoms with E-state index in [0.29, 0.717) is 6.61 Å². The van der Waals surface area contributed by atoms with Gasteiger partial charge in [-0.1, -0.05) is 6.42 Å². The molecule has 0 aliphatic carbocycles. The minimum absolute atomic E-state index is 0.0431. The zero-order valence-corrected chi connectivity index (χ0v) is 10.2. The average Bonchev–Trinajstić information content (AvgIpc) is 2.32. The summed E-state index contributed by atoms with van der Waals surface area (Å²) in [5, 5.41) is 3.32. The molecule has 0 aromatic heterocycles. The highest BCUT2D eigenvalue weighted by Crippen LogP contribution is 2.16. The normalized spacial score (nSPS) is 36.1. The van der Waals surface area contributed by atoms with Gasteiger partial charge < -0.3 is 15.0 Å². The van der Waals surface area contributed by atoms with Crippen molar-refractivity contribution in [1.82, 2.24) is 10.2 Å². The summed E-state index contributed by atoms with van der Waals surface area (Å²) in [5.74, 6) is 0.266. The van der Waals surface area contributed by atoms with Gasteiger partial charge in [0, 0.05) is 6.54 Å². The number of nitrogens with zero attached hydrogens (tertiary/aromatic N) is 1. The van der Waals surface area contributed by atoms with Gasteiger partial charge in [-0.2, -0.15) is 0 Å². The number of morpholine rings is 1. The van der Waals surface area contributed by atoms with E-state index in [1.54, 1.807) is 0 Å². The van der Waals surface area contributed by atoms with Crippen molar-refractivity contribution >= 4 is 5.91 Å². The number of nitrogens with one attached hydrogen (secondary N) is 1. The van der Waals surface area contributed by atoms with E-state index in [9.17, 15) is 4.79 Å². The predicted molar refractivity (Wildman–Crippen MR) is 62.2 cm³/mol. The third kappa shape index (κ3) is 2.55. The van der Waals surface area contributed by atoms with Crippen molar-refractivity contribution in [3.05, 3.63) is 0 Å². The van der Waals surface area contributed by atoms with Crippen LogP contribution in [0.3, 0.4) is 0 Å². The van der Waals surface area contributed by atoms with Crippen molar-refractivity contribution in [3.63, 3.8) is 0 Å². The standard InChI is InChI=1S/C12H22N2O2/c1-9-8-16-10(2)7-14(9)12(15)11-5-3-4-6-13-11/h9-11,13H,3-8H2,1-2H3/t9?,10?,11-/m0/s1. The molecule has 2 aliphatic heterocycles. The number of hydrogen-bond acceptors (Lipinski definition) is 3. The van der Waals surface area contributed by atoms with Crippen molar-refractivity contribution in [2.45, 2.75) is 51.3 Å². The van der Waals surface area contributed by atoms with Crippen molar-refractivity contribution in [2.24, 2.45) is 0 Å². The van der Waals surface area contributed by atoms with E-state index in [2.05, 4.69) is 12.2 Å². The lowest BCUT2D eigenvalue weighted by molar-refractivity contribution is -0.146. The first-order valence-electron chi connectivity index (χ1n) is 6.34. The molecule has 92 valence electrons. The number of carbonyl (C=O) groups is 1. The molecule has 0 aromatic carbocycles. The molecule has 0 bridgehead atoms. The first-order valence-corrected chi connectivity index (χ1v) is 6.34. The highest BCUT2D eigenvalue weighted by molar-refractivity contribution is 5.82. The van der Waals surface area contributed by atoms with Crippen LogP contribution in [0.4, 0.5) is 0 Å². The molecule has 4 nitrogen and oxygen atoms in total. The third-order valence-electron chi connectivity index (χ3n) is 3.50. The fourth-order valence-corrected chi connectivity index (χ4v) is 2.47. The SMILES string of the molecule is CC1CN(C(=O)[C@@H]2CCCCN2)C(C)CO1. The molecule has 2 rings (SSSR count). The van der Waals surface area contributed by atoms with Gasteiger partial charge in [0.2, 0.25) is 5.91 Å². The number of ether oxygens (including phenoxy) is 1. The van der Waals surface area contributed by atoms with Gasteiger partial charge in [0.1, 0.15) is 0 Å². The maximum atomic E-state index is 12.3. The molecule has 0 saturated carbocycles. The molecule has 1 amide bonds. The smallest absolute Gasteiger partial charge is 0.240 e. The van der Waals surface area contributed by atoms with Crippen LogP contribution in [0.25, 0.3) is 0 Å². The second kappa shape index (κ2) is 5.15. The summed E-state index contributed by atoms with van der Waals surface area (Å²) >= 11 is 0. The number of amides is 1. The summed E-state index contributed by atoms with van der Waals surface area (Å²) in [6, 6.07) is 0.258. The van der Waals surface area contributed by atoms with E-state index in [0.717, 1.165) is 25.9 Å². The monoisotopic (exact) mass is 226 g/mol. The van der Waals surface area contributed by atoms with Gasteiger partial charge in [0.05, 0.1) is 24.8 Å². The van der Waals surface area contributed by atoms with E-state index in [4.69, 9.17) is 4.74 Å². The third-order valence-corrected chi connectivity index (χ3v) is 3.50. The lowest BCUT2D eigenvalue weighted by atomic mass is 10.0. The first kappa shape index (κ1) is 11.9. The fraction of sp³-hybridized carbons (Fsp3) is 0.917. The fourth-order valence-electron chi connectivity index (χ4n) is 2.47. The Kier molecular flexibility index (Phi) is 3.82. The highest BCUT2D eigenvalue weighted by Gasteiger charge is 2.32. The van der Waals surface area contributed by atoms with Crippen LogP contribution in [0.15, 0.2) is 0 Å². The van der Waals surface area contributed by atoms with Crippen molar-refractivity contribution in [1.29, 1.82) is 0 Å². The number of rotatable bonds is 1. The molecule has 2 aliphatic rings. The van der Waals surface area contributed by atoms with Gasteiger partial charge in [0.15, 0.2) is 0 Å². The summed E-state index contributed by atoms with van der Waals surface area (Å²) in [4.78, 5) is 14.3. The molecule has 4 heteroatoms. The molecule has 0 spiro atoms. The Morgan fingerprint density at radius 1 is 1.38 bits per heavy atom. The largest absolute Gasteiger partial charge is 0.375 e. The van der Waals surface area contributed by atoms with Gasteiger partial charge in [-0.25, -0.2) is 0 Å². The van der Waals surface area contributed by atoms with Crippen molar-refractivity contribution in [2.75, 3.05) is 19.7 Å². The van der Waals surface area contributed by atoms with Crippen LogP contribution >= 0.6 is 0 Å². The van der Waals surface area contributed by atoms with Crippen LogP contribution in [-0.4, -0.2) is 48.7 Å². The maximum absolute atomic E-state index is 12.3. The van der Waals surface area contributed by atoms with E-state index in [-0.39, 0.29) is 24.1 Å². The molecule has 2 fully saturated rings. The van der Waals surface area contributed by atoms with Crippen LogP contribution in [0, 0.1) is 0 Å². The molecular formula is C12H22N2O2. The summed E-state index contributed by atoms with van der Waals surface area (Å²) in [6.07, 6.45) is 3.51. The Hall–Kier alpha value is -0.610. The average molecular weight is 226 g/mol. The Labute approximate surface area is 97.3 Å². The Morgan fingerprint density at radius 2 is 2.19 bits per heavy atom. The minimum atomic E-state index is 0.0431. The van der Waals surface area contributed by atoms with Gasteiger partial charge in [-0.3, -0.25) is 4.79 Å². The predicted octanol–water partition coefficient (Wildman–Crippen LogP) is 0.764. The molecule has 0 radical (unpaired) electrons. The van der Waals surface area contributed by atoms with E-state index < -0.39 is 0 Å². The Bertz CT molecular complexity index is 251. The van der Waals surface area contributed by atoms with Crippen LogP contribution < -0.4 is 5.32 Å². The van der Waals surface area contributed by atoms with Crippen LogP contribution in [0.5, 0.6) is 0 Å². The number of piperidine rings is 1. The molecule has 1 N–H and O–H groups in total. The molecule has 2 saturated heterocycles. The maximum Gasteiger partial charge on any atom is 0.240 e. The van der Waals surface area contributed by atoms with E-state index in [1.807, 2.05) is 11.8 Å². The summed E-state index contributed by atoms with van der Waals surface area (Å²) in [7, 11) is 0. The van der Waals surface area contributed by atoms with E-state index >= 15 is 0 Å². The van der Waals surface area contributed by atoms with E-state index in [1.165, 1.54) is 6.42 Å². The molecule has 0 aromatic rings. The highest BCUT2D eigenvalue weighted by atomic mass is 16.5. The second-order valence-electron chi connectivity index (χ2n) is 4.99. The van der Waals surface area contributed by atoms with Crippen molar-refractivity contribution in [3.8, 4) is 0 Å².